The minimum absolute atomic E-state index is 0.0651. The van der Waals surface area contributed by atoms with Gasteiger partial charge in [0.2, 0.25) is 0 Å². The van der Waals surface area contributed by atoms with Gasteiger partial charge in [-0.3, -0.25) is 9.98 Å². The number of allylic oxidation sites excluding steroid dienone is 4. The number of pyridine rings is 1. The van der Waals surface area contributed by atoms with Crippen LogP contribution in [0.25, 0.3) is 5.57 Å². The van der Waals surface area contributed by atoms with E-state index in [1.807, 2.05) is 0 Å². The Hall–Kier alpha value is -3.68. The summed E-state index contributed by atoms with van der Waals surface area (Å²) in [6, 6.07) is 1.22. The Kier molecular flexibility index (Phi) is 10.4. The van der Waals surface area contributed by atoms with Gasteiger partial charge in [-0.1, -0.05) is 44.1 Å². The molecule has 1 aromatic rings. The van der Waals surface area contributed by atoms with Crippen LogP contribution in [-0.4, -0.2) is 29.0 Å². The molecule has 1 unspecified atom stereocenters. The Bertz CT molecular complexity index is 1160. The number of hydrogen-bond acceptors (Lipinski definition) is 7. The van der Waals surface area contributed by atoms with E-state index in [0.29, 0.717) is 46.5 Å². The molecule has 7 N–H and O–H groups in total. The second kappa shape index (κ2) is 13.7. The first kappa shape index (κ1) is 28.9. The third-order valence-electron chi connectivity index (χ3n) is 7.18. The van der Waals surface area contributed by atoms with Gasteiger partial charge in [-0.15, -0.1) is 0 Å². The topological polar surface area (TPSA) is 125 Å². The van der Waals surface area contributed by atoms with Gasteiger partial charge in [-0.2, -0.15) is 0 Å². The van der Waals surface area contributed by atoms with Crippen LogP contribution in [0, 0.1) is 17.1 Å². The summed E-state index contributed by atoms with van der Waals surface area (Å²) in [4.78, 5) is 8.99. The van der Waals surface area contributed by atoms with Gasteiger partial charge >= 0.3 is 0 Å². The van der Waals surface area contributed by atoms with E-state index >= 15 is 4.39 Å². The fourth-order valence-electron chi connectivity index (χ4n) is 5.03. The molecule has 0 aromatic carbocycles. The summed E-state index contributed by atoms with van der Waals surface area (Å²) < 4.78 is 15.0. The Morgan fingerprint density at radius 1 is 1.24 bits per heavy atom. The lowest BCUT2D eigenvalue weighted by Crippen LogP contribution is -2.41. The molecule has 2 aliphatic carbocycles. The molecule has 204 valence electrons. The molecule has 0 saturated heterocycles. The number of rotatable bonds is 12. The highest BCUT2D eigenvalue weighted by Crippen LogP contribution is 2.31. The normalized spacial score (nSPS) is 17.9. The molecular formula is C30H42FN7. The van der Waals surface area contributed by atoms with Gasteiger partial charge in [0.25, 0.3) is 0 Å². The van der Waals surface area contributed by atoms with E-state index in [4.69, 9.17) is 21.9 Å². The second-order valence-corrected chi connectivity index (χ2v) is 10.2. The van der Waals surface area contributed by atoms with Crippen molar-refractivity contribution in [3.8, 4) is 0 Å². The first-order chi connectivity index (χ1) is 18.2. The van der Waals surface area contributed by atoms with Gasteiger partial charge in [-0.05, 0) is 64.1 Å². The van der Waals surface area contributed by atoms with Gasteiger partial charge < -0.3 is 27.5 Å². The van der Waals surface area contributed by atoms with E-state index in [1.165, 1.54) is 30.7 Å². The number of aliphatic imine (C=N–C) groups is 1. The molecule has 1 aromatic heterocycles. The van der Waals surface area contributed by atoms with Gasteiger partial charge in [0, 0.05) is 28.7 Å². The van der Waals surface area contributed by atoms with E-state index in [0.717, 1.165) is 38.5 Å². The first-order valence-corrected chi connectivity index (χ1v) is 13.4. The van der Waals surface area contributed by atoms with Crippen molar-refractivity contribution in [2.24, 2.45) is 22.4 Å². The lowest BCUT2D eigenvalue weighted by atomic mass is 9.82. The Morgan fingerprint density at radius 3 is 2.50 bits per heavy atom. The van der Waals surface area contributed by atoms with Crippen molar-refractivity contribution in [2.45, 2.75) is 71.3 Å². The molecule has 1 atom stereocenters. The van der Waals surface area contributed by atoms with E-state index in [9.17, 15) is 0 Å². The molecule has 38 heavy (non-hydrogen) atoms. The molecule has 0 bridgehead atoms. The van der Waals surface area contributed by atoms with Crippen molar-refractivity contribution in [1.29, 1.82) is 5.41 Å². The smallest absolute Gasteiger partial charge is 0.151 e. The zero-order chi connectivity index (χ0) is 27.7. The largest absolute Gasteiger partial charge is 0.405 e. The van der Waals surface area contributed by atoms with Gasteiger partial charge in [0.15, 0.2) is 5.82 Å². The maximum absolute atomic E-state index is 15.0. The van der Waals surface area contributed by atoms with E-state index in [1.54, 1.807) is 26.1 Å². The van der Waals surface area contributed by atoms with E-state index in [-0.39, 0.29) is 17.4 Å². The Labute approximate surface area is 226 Å². The van der Waals surface area contributed by atoms with Crippen LogP contribution in [0.4, 0.5) is 10.1 Å². The molecule has 0 spiro atoms. The minimum atomic E-state index is -0.552. The predicted octanol–water partition coefficient (Wildman–Crippen LogP) is 5.95. The lowest BCUT2D eigenvalue weighted by Gasteiger charge is -2.34. The fourth-order valence-corrected chi connectivity index (χ4v) is 5.03. The maximum atomic E-state index is 15.0. The molecule has 1 heterocycles. The summed E-state index contributed by atoms with van der Waals surface area (Å²) in [5.74, 6) is -0.211. The third kappa shape index (κ3) is 7.66. The lowest BCUT2D eigenvalue weighted by molar-refractivity contribution is 0.306. The zero-order valence-corrected chi connectivity index (χ0v) is 22.7. The molecule has 0 radical (unpaired) electrons. The van der Waals surface area contributed by atoms with Crippen LogP contribution < -0.4 is 22.1 Å². The Balaban J connectivity index is 1.79. The molecule has 7 nitrogen and oxygen atoms in total. The quantitative estimate of drug-likeness (QED) is 0.172. The highest BCUT2D eigenvalue weighted by molar-refractivity contribution is 6.21. The van der Waals surface area contributed by atoms with Gasteiger partial charge in [0.05, 0.1) is 35.9 Å². The van der Waals surface area contributed by atoms with Crippen LogP contribution in [0.1, 0.15) is 70.9 Å². The molecule has 8 heteroatoms. The van der Waals surface area contributed by atoms with Crippen molar-refractivity contribution < 1.29 is 4.39 Å². The van der Waals surface area contributed by atoms with Crippen LogP contribution in [0.3, 0.4) is 0 Å². The van der Waals surface area contributed by atoms with Crippen molar-refractivity contribution in [2.75, 3.05) is 11.9 Å². The molecule has 2 saturated carbocycles. The number of nitrogens with zero attached hydrogens (tertiary/aromatic N) is 2. The third-order valence-corrected chi connectivity index (χ3v) is 7.18. The molecule has 0 amide bonds. The summed E-state index contributed by atoms with van der Waals surface area (Å²) >= 11 is 0. The van der Waals surface area contributed by atoms with Crippen LogP contribution in [0.15, 0.2) is 71.4 Å². The highest BCUT2D eigenvalue weighted by Gasteiger charge is 2.27. The highest BCUT2D eigenvalue weighted by atomic mass is 19.1. The van der Waals surface area contributed by atoms with Crippen LogP contribution in [0.5, 0.6) is 0 Å². The number of anilines is 1. The monoisotopic (exact) mass is 519 g/mol. The standard InChI is InChI=1S/C30H42FN7/c1-19(33)28(20(2)34)30-26(31)17-25(18-36-30)37-22(4)29(24-11-6-5-7-12-24)38-21(3)27(13-15-32)35-16-14-23-9-8-10-23/h13-15,17-18,24,29,33,37-38H,3-12,16,32,34H2,1-2H3/b15-13-,28-20+,33-19?,35-27?. The second-order valence-electron chi connectivity index (χ2n) is 10.2. The molecular weight excluding hydrogens is 477 g/mol. The number of nitrogens with two attached hydrogens (primary N) is 2. The molecule has 3 rings (SSSR count). The van der Waals surface area contributed by atoms with Crippen molar-refractivity contribution in [3.05, 3.63) is 77.9 Å². The van der Waals surface area contributed by atoms with E-state index in [2.05, 4.69) is 34.9 Å². The number of hydrogen-bond donors (Lipinski definition) is 5. The summed E-state index contributed by atoms with van der Waals surface area (Å²) in [6.45, 7) is 12.4. The van der Waals surface area contributed by atoms with Gasteiger partial charge in [0.1, 0.15) is 5.69 Å². The van der Waals surface area contributed by atoms with Crippen molar-refractivity contribution >= 4 is 22.7 Å². The zero-order valence-electron chi connectivity index (χ0n) is 22.7. The number of nitrogens with one attached hydrogen (secondary N) is 3. The average Bonchev–Trinajstić information content (AvgIpc) is 2.84. The maximum Gasteiger partial charge on any atom is 0.151 e. The first-order valence-electron chi connectivity index (χ1n) is 13.4. The van der Waals surface area contributed by atoms with Crippen molar-refractivity contribution in [1.82, 2.24) is 10.3 Å². The summed E-state index contributed by atoms with van der Waals surface area (Å²) in [7, 11) is 0. The SMILES string of the molecule is C=C(NC(C(=C)Nc1cnc(/C(C(C)=N)=C(\C)N)c(F)c1)C1CCCCC1)C(/C=C\N)=NCC=C1CCC1. The summed E-state index contributed by atoms with van der Waals surface area (Å²) in [5, 5.41) is 14.8. The van der Waals surface area contributed by atoms with Crippen molar-refractivity contribution in [3.63, 3.8) is 0 Å². The molecule has 0 aliphatic heterocycles. The predicted molar refractivity (Wildman–Crippen MR) is 157 cm³/mol. The summed E-state index contributed by atoms with van der Waals surface area (Å²) in [6.07, 6.45) is 16.2. The number of halogens is 1. The number of aromatic nitrogens is 1. The Morgan fingerprint density at radius 2 is 1.95 bits per heavy atom. The van der Waals surface area contributed by atoms with E-state index < -0.39 is 5.82 Å². The average molecular weight is 520 g/mol. The molecule has 2 aliphatic rings. The van der Waals surface area contributed by atoms with Crippen LogP contribution in [-0.2, 0) is 0 Å². The fraction of sp³-hybridized carbons (Fsp3) is 0.433. The van der Waals surface area contributed by atoms with Crippen LogP contribution >= 0.6 is 0 Å². The minimum Gasteiger partial charge on any atom is -0.405 e. The van der Waals surface area contributed by atoms with Gasteiger partial charge in [-0.25, -0.2) is 4.39 Å². The van der Waals surface area contributed by atoms with Crippen LogP contribution in [0.2, 0.25) is 0 Å². The summed E-state index contributed by atoms with van der Waals surface area (Å²) in [5.41, 5.74) is 16.5. The molecule has 2 fully saturated rings.